The summed E-state index contributed by atoms with van der Waals surface area (Å²) in [6.07, 6.45) is 4.36. The highest BCUT2D eigenvalue weighted by Gasteiger charge is 2.16. The molecule has 100 valence electrons. The molecule has 1 aliphatic rings. The minimum atomic E-state index is -0.348. The van der Waals surface area contributed by atoms with Crippen LogP contribution in [-0.2, 0) is 4.79 Å². The molecule has 1 amide bonds. The van der Waals surface area contributed by atoms with Crippen LogP contribution in [0.1, 0.15) is 39.5 Å². The Morgan fingerprint density at radius 3 is 2.88 bits per heavy atom. The maximum absolute atomic E-state index is 11.7. The van der Waals surface area contributed by atoms with Gasteiger partial charge in [0.05, 0.1) is 6.04 Å². The van der Waals surface area contributed by atoms with E-state index in [9.17, 15) is 4.79 Å². The highest BCUT2D eigenvalue weighted by Crippen LogP contribution is 2.12. The first kappa shape index (κ1) is 14.5. The molecule has 1 rings (SSSR count). The number of carbonyl (C=O) groups is 1. The van der Waals surface area contributed by atoms with E-state index in [1.54, 1.807) is 0 Å². The van der Waals surface area contributed by atoms with Crippen LogP contribution >= 0.6 is 0 Å². The van der Waals surface area contributed by atoms with Gasteiger partial charge in [-0.25, -0.2) is 0 Å². The van der Waals surface area contributed by atoms with Crippen LogP contribution < -0.4 is 16.4 Å². The normalized spacial score (nSPS) is 22.5. The highest BCUT2D eigenvalue weighted by molar-refractivity contribution is 5.81. The molecular weight excluding hydrogens is 214 g/mol. The number of carbonyl (C=O) groups excluding carboxylic acids is 1. The molecule has 4 heteroatoms. The van der Waals surface area contributed by atoms with Gasteiger partial charge >= 0.3 is 0 Å². The molecule has 17 heavy (non-hydrogen) atoms. The van der Waals surface area contributed by atoms with Gasteiger partial charge in [0.1, 0.15) is 0 Å². The minimum Gasteiger partial charge on any atom is -0.355 e. The molecule has 1 saturated heterocycles. The van der Waals surface area contributed by atoms with E-state index in [4.69, 9.17) is 5.73 Å². The first-order valence-electron chi connectivity index (χ1n) is 6.83. The predicted octanol–water partition coefficient (Wildman–Crippen LogP) is 0.866. The minimum absolute atomic E-state index is 0.00229. The monoisotopic (exact) mass is 241 g/mol. The molecule has 2 atom stereocenters. The van der Waals surface area contributed by atoms with Gasteiger partial charge in [0.25, 0.3) is 0 Å². The Morgan fingerprint density at radius 1 is 1.53 bits per heavy atom. The second-order valence-corrected chi connectivity index (χ2v) is 5.53. The van der Waals surface area contributed by atoms with Crippen LogP contribution in [0, 0.1) is 11.8 Å². The Kier molecular flexibility index (Phi) is 6.52. The van der Waals surface area contributed by atoms with Gasteiger partial charge in [-0.3, -0.25) is 4.79 Å². The third-order valence-electron chi connectivity index (χ3n) is 3.31. The molecule has 1 aliphatic heterocycles. The lowest BCUT2D eigenvalue weighted by Crippen LogP contribution is -2.42. The molecule has 4 N–H and O–H groups in total. The van der Waals surface area contributed by atoms with Crippen LogP contribution in [0.15, 0.2) is 0 Å². The molecule has 0 aromatic carbocycles. The molecular formula is C13H27N3O. The summed E-state index contributed by atoms with van der Waals surface area (Å²) in [7, 11) is 0. The zero-order chi connectivity index (χ0) is 12.7. The third-order valence-corrected chi connectivity index (χ3v) is 3.31. The lowest BCUT2D eigenvalue weighted by molar-refractivity contribution is -0.122. The molecule has 1 heterocycles. The van der Waals surface area contributed by atoms with E-state index in [1.165, 1.54) is 12.8 Å². The van der Waals surface area contributed by atoms with E-state index >= 15 is 0 Å². The summed E-state index contributed by atoms with van der Waals surface area (Å²) in [5.41, 5.74) is 5.81. The van der Waals surface area contributed by atoms with Crippen LogP contribution in [-0.4, -0.2) is 31.6 Å². The van der Waals surface area contributed by atoms with E-state index in [1.807, 2.05) is 0 Å². The van der Waals surface area contributed by atoms with Crippen LogP contribution in [0.2, 0.25) is 0 Å². The molecule has 1 fully saturated rings. The molecule has 4 nitrogen and oxygen atoms in total. The Balaban J connectivity index is 2.10. The Hall–Kier alpha value is -0.610. The Morgan fingerprint density at radius 2 is 2.29 bits per heavy atom. The van der Waals surface area contributed by atoms with Crippen molar-refractivity contribution < 1.29 is 4.79 Å². The number of amides is 1. The maximum atomic E-state index is 11.7. The lowest BCUT2D eigenvalue weighted by atomic mass is 9.96. The van der Waals surface area contributed by atoms with Gasteiger partial charge in [0.2, 0.25) is 5.91 Å². The van der Waals surface area contributed by atoms with Crippen molar-refractivity contribution in [2.45, 2.75) is 45.6 Å². The van der Waals surface area contributed by atoms with E-state index in [-0.39, 0.29) is 11.9 Å². The SMILES string of the molecule is CC(C)C[C@H](N)C(=O)NCCC1CCCNC1. The number of piperidine rings is 1. The molecule has 0 aromatic heterocycles. The number of hydrogen-bond acceptors (Lipinski definition) is 3. The molecule has 0 aromatic rings. The summed E-state index contributed by atoms with van der Waals surface area (Å²) >= 11 is 0. The number of rotatable bonds is 6. The van der Waals surface area contributed by atoms with Crippen molar-refractivity contribution >= 4 is 5.91 Å². The van der Waals surface area contributed by atoms with Gasteiger partial charge in [-0.15, -0.1) is 0 Å². The highest BCUT2D eigenvalue weighted by atomic mass is 16.2. The van der Waals surface area contributed by atoms with Crippen molar-refractivity contribution in [1.29, 1.82) is 0 Å². The molecule has 0 bridgehead atoms. The standard InChI is InChI=1S/C13H27N3O/c1-10(2)8-12(14)13(17)16-7-5-11-4-3-6-15-9-11/h10-12,15H,3-9,14H2,1-2H3,(H,16,17)/t11?,12-/m0/s1. The van der Waals surface area contributed by atoms with E-state index in [0.29, 0.717) is 11.8 Å². The number of nitrogens with two attached hydrogens (primary N) is 1. The molecule has 0 saturated carbocycles. The average Bonchev–Trinajstić information content (AvgIpc) is 2.29. The second-order valence-electron chi connectivity index (χ2n) is 5.53. The first-order chi connectivity index (χ1) is 8.09. The summed E-state index contributed by atoms with van der Waals surface area (Å²) < 4.78 is 0. The van der Waals surface area contributed by atoms with Gasteiger partial charge in [-0.1, -0.05) is 13.8 Å². The van der Waals surface area contributed by atoms with Gasteiger partial charge in [0, 0.05) is 6.54 Å². The first-order valence-corrected chi connectivity index (χ1v) is 6.83. The molecule has 1 unspecified atom stereocenters. The molecule has 0 aliphatic carbocycles. The molecule has 0 radical (unpaired) electrons. The van der Waals surface area contributed by atoms with Crippen LogP contribution in [0.25, 0.3) is 0 Å². The van der Waals surface area contributed by atoms with Crippen LogP contribution in [0.4, 0.5) is 0 Å². The van der Waals surface area contributed by atoms with Crippen molar-refractivity contribution in [3.05, 3.63) is 0 Å². The summed E-state index contributed by atoms with van der Waals surface area (Å²) in [5.74, 6) is 1.19. The fraction of sp³-hybridized carbons (Fsp3) is 0.923. The zero-order valence-electron chi connectivity index (χ0n) is 11.2. The summed E-state index contributed by atoms with van der Waals surface area (Å²) in [5, 5.41) is 6.33. The van der Waals surface area contributed by atoms with Crippen molar-refractivity contribution in [3.63, 3.8) is 0 Å². The largest absolute Gasteiger partial charge is 0.355 e. The van der Waals surface area contributed by atoms with Gasteiger partial charge in [-0.2, -0.15) is 0 Å². The van der Waals surface area contributed by atoms with E-state index < -0.39 is 0 Å². The van der Waals surface area contributed by atoms with Gasteiger partial charge < -0.3 is 16.4 Å². The van der Waals surface area contributed by atoms with Crippen LogP contribution in [0.5, 0.6) is 0 Å². The van der Waals surface area contributed by atoms with Crippen molar-refractivity contribution in [1.82, 2.24) is 10.6 Å². The Bertz CT molecular complexity index is 225. The van der Waals surface area contributed by atoms with E-state index in [2.05, 4.69) is 24.5 Å². The average molecular weight is 241 g/mol. The zero-order valence-corrected chi connectivity index (χ0v) is 11.2. The topological polar surface area (TPSA) is 67.2 Å². The fourth-order valence-electron chi connectivity index (χ4n) is 2.32. The maximum Gasteiger partial charge on any atom is 0.236 e. The van der Waals surface area contributed by atoms with Crippen molar-refractivity contribution in [2.24, 2.45) is 17.6 Å². The number of nitrogens with one attached hydrogen (secondary N) is 2. The fourth-order valence-corrected chi connectivity index (χ4v) is 2.32. The summed E-state index contributed by atoms with van der Waals surface area (Å²) in [4.78, 5) is 11.7. The van der Waals surface area contributed by atoms with E-state index in [0.717, 1.165) is 32.5 Å². The third kappa shape index (κ3) is 6.03. The van der Waals surface area contributed by atoms with Crippen molar-refractivity contribution in [3.8, 4) is 0 Å². The number of hydrogen-bond donors (Lipinski definition) is 3. The smallest absolute Gasteiger partial charge is 0.236 e. The lowest BCUT2D eigenvalue weighted by Gasteiger charge is -2.23. The summed E-state index contributed by atoms with van der Waals surface area (Å²) in [6.45, 7) is 7.16. The molecule has 0 spiro atoms. The quantitative estimate of drug-likeness (QED) is 0.646. The van der Waals surface area contributed by atoms with Gasteiger partial charge in [0.15, 0.2) is 0 Å². The Labute approximate surface area is 105 Å². The van der Waals surface area contributed by atoms with Gasteiger partial charge in [-0.05, 0) is 50.6 Å². The van der Waals surface area contributed by atoms with Crippen molar-refractivity contribution in [2.75, 3.05) is 19.6 Å². The van der Waals surface area contributed by atoms with Crippen LogP contribution in [0.3, 0.4) is 0 Å². The second kappa shape index (κ2) is 7.67. The summed E-state index contributed by atoms with van der Waals surface area (Å²) in [6, 6.07) is -0.348. The predicted molar refractivity (Wildman–Crippen MR) is 70.7 cm³/mol.